The number of carbonyl (C=O) groups is 1. The van der Waals surface area contributed by atoms with Gasteiger partial charge in [-0.1, -0.05) is 25.5 Å². The molecule has 0 saturated heterocycles. The van der Waals surface area contributed by atoms with Crippen LogP contribution in [0.15, 0.2) is 24.3 Å². The number of benzene rings is 1. The number of carboxylic acids is 1. The zero-order chi connectivity index (χ0) is 12.7. The van der Waals surface area contributed by atoms with Gasteiger partial charge in [-0.3, -0.25) is 4.79 Å². The summed E-state index contributed by atoms with van der Waals surface area (Å²) in [7, 11) is 0. The smallest absolute Gasteiger partial charge is 0.321 e. The topological polar surface area (TPSA) is 69.6 Å². The van der Waals surface area contributed by atoms with Crippen LogP contribution in [0, 0.1) is 0 Å². The second kappa shape index (κ2) is 6.91. The summed E-state index contributed by atoms with van der Waals surface area (Å²) in [5.74, 6) is -0.690. The third-order valence-corrected chi connectivity index (χ3v) is 2.57. The maximum Gasteiger partial charge on any atom is 0.321 e. The van der Waals surface area contributed by atoms with Crippen LogP contribution >= 0.6 is 0 Å². The summed E-state index contributed by atoms with van der Waals surface area (Å²) in [6.07, 6.45) is 2.38. The molecule has 0 bridgehead atoms. The highest BCUT2D eigenvalue weighted by molar-refractivity contribution is 5.73. The number of hydrogen-bond acceptors (Lipinski definition) is 3. The average molecular weight is 237 g/mol. The van der Waals surface area contributed by atoms with Gasteiger partial charge in [0.1, 0.15) is 11.8 Å². The van der Waals surface area contributed by atoms with Crippen LogP contribution in [0.5, 0.6) is 5.75 Å². The minimum atomic E-state index is -0.857. The van der Waals surface area contributed by atoms with Crippen molar-refractivity contribution in [2.75, 3.05) is 6.54 Å². The van der Waals surface area contributed by atoms with E-state index in [0.29, 0.717) is 13.0 Å². The van der Waals surface area contributed by atoms with E-state index in [0.717, 1.165) is 18.4 Å². The summed E-state index contributed by atoms with van der Waals surface area (Å²) in [5, 5.41) is 21.4. The molecule has 0 aliphatic heterocycles. The zero-order valence-corrected chi connectivity index (χ0v) is 10.0. The van der Waals surface area contributed by atoms with Gasteiger partial charge >= 0.3 is 5.97 Å². The van der Waals surface area contributed by atoms with E-state index in [1.807, 2.05) is 6.07 Å². The number of aromatic hydroxyl groups is 1. The zero-order valence-electron chi connectivity index (χ0n) is 10.0. The Bertz CT molecular complexity index is 365. The van der Waals surface area contributed by atoms with Gasteiger partial charge in [-0.05, 0) is 37.1 Å². The lowest BCUT2D eigenvalue weighted by molar-refractivity contribution is -0.139. The number of aliphatic carboxylic acids is 1. The summed E-state index contributed by atoms with van der Waals surface area (Å²) in [4.78, 5) is 11.1. The Kier molecular flexibility index (Phi) is 5.49. The number of nitrogens with one attached hydrogen (secondary N) is 1. The summed E-state index contributed by atoms with van der Waals surface area (Å²) in [6.45, 7) is 2.76. The molecule has 1 rings (SSSR count). The van der Waals surface area contributed by atoms with Crippen LogP contribution in [0.3, 0.4) is 0 Å². The van der Waals surface area contributed by atoms with E-state index in [9.17, 15) is 9.90 Å². The first-order valence-electron chi connectivity index (χ1n) is 5.87. The Morgan fingerprint density at radius 1 is 1.47 bits per heavy atom. The molecule has 3 N–H and O–H groups in total. The second-order valence-electron chi connectivity index (χ2n) is 4.07. The molecule has 0 saturated carbocycles. The minimum Gasteiger partial charge on any atom is -0.508 e. The van der Waals surface area contributed by atoms with Crippen molar-refractivity contribution in [2.45, 2.75) is 32.2 Å². The highest BCUT2D eigenvalue weighted by Gasteiger charge is 2.16. The summed E-state index contributed by atoms with van der Waals surface area (Å²) >= 11 is 0. The van der Waals surface area contributed by atoms with E-state index in [1.165, 1.54) is 0 Å². The summed E-state index contributed by atoms with van der Waals surface area (Å²) in [6, 6.07) is 6.11. The fourth-order valence-electron chi connectivity index (χ4n) is 1.62. The third-order valence-electron chi connectivity index (χ3n) is 2.57. The standard InChI is InChI=1S/C13H19NO3/c1-2-3-7-14-12(13(16)17)9-10-5-4-6-11(15)8-10/h4-6,8,12,14-15H,2-3,7,9H2,1H3,(H,16,17)/t12-/m0/s1. The largest absolute Gasteiger partial charge is 0.508 e. The monoisotopic (exact) mass is 237 g/mol. The van der Waals surface area contributed by atoms with Gasteiger partial charge in [-0.25, -0.2) is 0 Å². The Hall–Kier alpha value is -1.55. The van der Waals surface area contributed by atoms with Crippen molar-refractivity contribution in [2.24, 2.45) is 0 Å². The van der Waals surface area contributed by atoms with Gasteiger partial charge in [0, 0.05) is 0 Å². The van der Waals surface area contributed by atoms with E-state index < -0.39 is 12.0 Å². The first kappa shape index (κ1) is 13.5. The molecule has 0 amide bonds. The van der Waals surface area contributed by atoms with Gasteiger partial charge in [-0.2, -0.15) is 0 Å². The maximum absolute atomic E-state index is 11.1. The SMILES string of the molecule is CCCCN[C@@H](Cc1cccc(O)c1)C(=O)O. The number of phenols is 1. The molecule has 0 aromatic heterocycles. The van der Waals surface area contributed by atoms with Crippen LogP contribution in [-0.2, 0) is 11.2 Å². The molecule has 0 fully saturated rings. The van der Waals surface area contributed by atoms with Crippen LogP contribution < -0.4 is 5.32 Å². The van der Waals surface area contributed by atoms with E-state index in [4.69, 9.17) is 5.11 Å². The Morgan fingerprint density at radius 2 is 2.24 bits per heavy atom. The highest BCUT2D eigenvalue weighted by Crippen LogP contribution is 2.12. The van der Waals surface area contributed by atoms with Crippen molar-refractivity contribution in [3.8, 4) is 5.75 Å². The lowest BCUT2D eigenvalue weighted by Crippen LogP contribution is -2.39. The van der Waals surface area contributed by atoms with Crippen LogP contribution in [0.2, 0.25) is 0 Å². The normalized spacial score (nSPS) is 12.3. The van der Waals surface area contributed by atoms with Gasteiger partial charge in [0.25, 0.3) is 0 Å². The summed E-state index contributed by atoms with van der Waals surface area (Å²) in [5.41, 5.74) is 0.821. The van der Waals surface area contributed by atoms with Gasteiger partial charge in [0.05, 0.1) is 0 Å². The molecule has 0 aliphatic carbocycles. The highest BCUT2D eigenvalue weighted by atomic mass is 16.4. The molecule has 1 aromatic carbocycles. The van der Waals surface area contributed by atoms with Gasteiger partial charge in [0.15, 0.2) is 0 Å². The molecule has 4 nitrogen and oxygen atoms in total. The maximum atomic E-state index is 11.1. The number of rotatable bonds is 7. The predicted octanol–water partition coefficient (Wildman–Crippen LogP) is 1.78. The van der Waals surface area contributed by atoms with Gasteiger partial charge in [0.2, 0.25) is 0 Å². The molecule has 0 radical (unpaired) electrons. The van der Waals surface area contributed by atoms with Crippen molar-refractivity contribution >= 4 is 5.97 Å². The van der Waals surface area contributed by atoms with Crippen molar-refractivity contribution in [3.63, 3.8) is 0 Å². The van der Waals surface area contributed by atoms with E-state index in [2.05, 4.69) is 12.2 Å². The average Bonchev–Trinajstić information content (AvgIpc) is 2.28. The summed E-state index contributed by atoms with van der Waals surface area (Å²) < 4.78 is 0. The molecule has 0 unspecified atom stereocenters. The predicted molar refractivity (Wildman–Crippen MR) is 66.1 cm³/mol. The number of hydrogen-bond donors (Lipinski definition) is 3. The molecule has 4 heteroatoms. The minimum absolute atomic E-state index is 0.167. The van der Waals surface area contributed by atoms with Crippen molar-refractivity contribution in [1.82, 2.24) is 5.32 Å². The fraction of sp³-hybridized carbons (Fsp3) is 0.462. The third kappa shape index (κ3) is 4.87. The molecule has 1 aromatic rings. The fourth-order valence-corrected chi connectivity index (χ4v) is 1.62. The quantitative estimate of drug-likeness (QED) is 0.632. The lowest BCUT2D eigenvalue weighted by Gasteiger charge is -2.14. The van der Waals surface area contributed by atoms with Gasteiger partial charge in [-0.15, -0.1) is 0 Å². The van der Waals surface area contributed by atoms with Crippen molar-refractivity contribution in [1.29, 1.82) is 0 Å². The first-order chi connectivity index (χ1) is 8.13. The molecule has 17 heavy (non-hydrogen) atoms. The van der Waals surface area contributed by atoms with E-state index in [1.54, 1.807) is 18.2 Å². The Labute approximate surface area is 101 Å². The van der Waals surface area contributed by atoms with Crippen LogP contribution in [0.25, 0.3) is 0 Å². The van der Waals surface area contributed by atoms with E-state index in [-0.39, 0.29) is 5.75 Å². The molecular formula is C13H19NO3. The molecule has 0 spiro atoms. The lowest BCUT2D eigenvalue weighted by atomic mass is 10.1. The number of unbranched alkanes of at least 4 members (excludes halogenated alkanes) is 1. The van der Waals surface area contributed by atoms with Crippen LogP contribution in [-0.4, -0.2) is 28.8 Å². The second-order valence-corrected chi connectivity index (χ2v) is 4.07. The van der Waals surface area contributed by atoms with Crippen LogP contribution in [0.4, 0.5) is 0 Å². The van der Waals surface area contributed by atoms with E-state index >= 15 is 0 Å². The number of carboxylic acid groups (broad SMARTS) is 1. The molecular weight excluding hydrogens is 218 g/mol. The Morgan fingerprint density at radius 3 is 2.82 bits per heavy atom. The molecule has 0 heterocycles. The molecule has 0 aliphatic rings. The molecule has 94 valence electrons. The van der Waals surface area contributed by atoms with Crippen molar-refractivity contribution < 1.29 is 15.0 Å². The van der Waals surface area contributed by atoms with Crippen molar-refractivity contribution in [3.05, 3.63) is 29.8 Å². The molecule has 1 atom stereocenters. The first-order valence-corrected chi connectivity index (χ1v) is 5.87. The number of phenolic OH excluding ortho intramolecular Hbond substituents is 1. The van der Waals surface area contributed by atoms with Crippen LogP contribution in [0.1, 0.15) is 25.3 Å². The Balaban J connectivity index is 2.57. The van der Waals surface area contributed by atoms with Gasteiger partial charge < -0.3 is 15.5 Å².